The fraction of sp³-hybridized carbons (Fsp3) is 0.182. The van der Waals surface area contributed by atoms with E-state index in [1.807, 2.05) is 11.5 Å². The van der Waals surface area contributed by atoms with Crippen LogP contribution in [-0.2, 0) is 14.4 Å². The molecular weight excluding hydrogens is 252 g/mol. The van der Waals surface area contributed by atoms with Gasteiger partial charge in [0.15, 0.2) is 6.61 Å². The molecule has 102 valence electrons. The molecule has 0 aliphatic rings. The number of carbonyl (C=O) groups excluding carboxylic acids is 3. The minimum atomic E-state index is -0.713. The summed E-state index contributed by atoms with van der Waals surface area (Å²) in [4.78, 5) is 37.3. The van der Waals surface area contributed by atoms with E-state index in [0.29, 0.717) is 5.69 Å². The first-order chi connectivity index (χ1) is 9.08. The van der Waals surface area contributed by atoms with Crippen LogP contribution in [0.4, 0.5) is 10.5 Å². The molecule has 0 aliphatic carbocycles. The van der Waals surface area contributed by atoms with Crippen LogP contribution in [0.2, 0.25) is 0 Å². The quantitative estimate of drug-likeness (QED) is 0.510. The van der Waals surface area contributed by atoms with E-state index < -0.39 is 24.5 Å². The predicted molar refractivity (Wildman–Crippen MR) is 66.8 cm³/mol. The fourth-order valence-corrected chi connectivity index (χ4v) is 1.08. The van der Waals surface area contributed by atoms with Gasteiger partial charge >= 0.3 is 6.03 Å². The van der Waals surface area contributed by atoms with Crippen LogP contribution < -0.4 is 21.8 Å². The number of carbonyl (C=O) groups is 3. The summed E-state index contributed by atoms with van der Waals surface area (Å²) in [6, 6.07) is 8.22. The molecular formula is C11H14N4O4. The average Bonchev–Trinajstić information content (AvgIpc) is 2.37. The van der Waals surface area contributed by atoms with Gasteiger partial charge < -0.3 is 16.4 Å². The largest absolute Gasteiger partial charge is 0.368 e. The van der Waals surface area contributed by atoms with Crippen LogP contribution in [0, 0.1) is 0 Å². The molecule has 8 heteroatoms. The monoisotopic (exact) mass is 266 g/mol. The standard InChI is InChI=1S/C11H14N4O4/c12-9(16)7-19-15-10(17)6-13-11(18)14-8-4-2-1-3-5-8/h1-5H,6-7H2,(H2,12,16)(H,15,17)(H2,13,14,18). The van der Waals surface area contributed by atoms with E-state index in [9.17, 15) is 14.4 Å². The molecule has 0 aliphatic heterocycles. The van der Waals surface area contributed by atoms with E-state index in [-0.39, 0.29) is 6.54 Å². The minimum Gasteiger partial charge on any atom is -0.368 e. The zero-order valence-electron chi connectivity index (χ0n) is 10.0. The second-order valence-electron chi connectivity index (χ2n) is 3.45. The van der Waals surface area contributed by atoms with Gasteiger partial charge in [0.25, 0.3) is 5.91 Å². The Morgan fingerprint density at radius 3 is 2.47 bits per heavy atom. The number of para-hydroxylation sites is 1. The molecule has 0 bridgehead atoms. The van der Waals surface area contributed by atoms with Gasteiger partial charge in [-0.3, -0.25) is 14.4 Å². The van der Waals surface area contributed by atoms with Crippen LogP contribution in [0.5, 0.6) is 0 Å². The van der Waals surface area contributed by atoms with Crippen LogP contribution in [0.25, 0.3) is 0 Å². The number of hydrogen-bond acceptors (Lipinski definition) is 4. The maximum atomic E-state index is 11.4. The van der Waals surface area contributed by atoms with Gasteiger partial charge in [-0.2, -0.15) is 0 Å². The van der Waals surface area contributed by atoms with Crippen molar-refractivity contribution >= 4 is 23.5 Å². The van der Waals surface area contributed by atoms with Crippen LogP contribution in [0.1, 0.15) is 0 Å². The molecule has 0 fully saturated rings. The topological polar surface area (TPSA) is 123 Å². The first-order valence-electron chi connectivity index (χ1n) is 5.37. The Labute approximate surface area is 109 Å². The second-order valence-corrected chi connectivity index (χ2v) is 3.45. The van der Waals surface area contributed by atoms with Gasteiger partial charge in [-0.15, -0.1) is 0 Å². The third-order valence-electron chi connectivity index (χ3n) is 1.84. The molecule has 0 spiro atoms. The van der Waals surface area contributed by atoms with Gasteiger partial charge in [0.1, 0.15) is 6.54 Å². The first kappa shape index (κ1) is 14.5. The lowest BCUT2D eigenvalue weighted by Crippen LogP contribution is -2.39. The van der Waals surface area contributed by atoms with Gasteiger partial charge in [-0.05, 0) is 12.1 Å². The van der Waals surface area contributed by atoms with E-state index >= 15 is 0 Å². The summed E-state index contributed by atoms with van der Waals surface area (Å²) in [5.41, 5.74) is 7.34. The minimum absolute atomic E-state index is 0.294. The molecule has 0 atom stereocenters. The highest BCUT2D eigenvalue weighted by Crippen LogP contribution is 2.03. The molecule has 8 nitrogen and oxygen atoms in total. The van der Waals surface area contributed by atoms with Crippen LogP contribution in [-0.4, -0.2) is 31.0 Å². The molecule has 0 aromatic heterocycles. The van der Waals surface area contributed by atoms with Crippen molar-refractivity contribution in [3.05, 3.63) is 30.3 Å². The number of hydroxylamine groups is 1. The molecule has 5 N–H and O–H groups in total. The smallest absolute Gasteiger partial charge is 0.319 e. The van der Waals surface area contributed by atoms with Gasteiger partial charge in [0.05, 0.1) is 0 Å². The molecule has 19 heavy (non-hydrogen) atoms. The van der Waals surface area contributed by atoms with Crippen molar-refractivity contribution in [1.29, 1.82) is 0 Å². The zero-order chi connectivity index (χ0) is 14.1. The summed E-state index contributed by atoms with van der Waals surface area (Å²) in [6.45, 7) is -0.723. The Hall–Kier alpha value is -2.61. The maximum absolute atomic E-state index is 11.4. The number of rotatable bonds is 6. The third kappa shape index (κ3) is 6.64. The highest BCUT2D eigenvalue weighted by Gasteiger charge is 2.05. The van der Waals surface area contributed by atoms with Crippen molar-refractivity contribution in [3.63, 3.8) is 0 Å². The summed E-state index contributed by atoms with van der Waals surface area (Å²) >= 11 is 0. The second kappa shape index (κ2) is 7.67. The first-order valence-corrected chi connectivity index (χ1v) is 5.37. The van der Waals surface area contributed by atoms with Crippen molar-refractivity contribution in [3.8, 4) is 0 Å². The number of benzene rings is 1. The number of anilines is 1. The number of primary amides is 1. The summed E-state index contributed by atoms with van der Waals surface area (Å²) in [6.07, 6.45) is 0. The molecule has 4 amide bonds. The molecule has 1 rings (SSSR count). The Morgan fingerprint density at radius 1 is 1.16 bits per heavy atom. The molecule has 1 aromatic carbocycles. The van der Waals surface area contributed by atoms with Gasteiger partial charge in [-0.25, -0.2) is 10.3 Å². The number of nitrogens with one attached hydrogen (secondary N) is 3. The number of hydrogen-bond donors (Lipinski definition) is 4. The van der Waals surface area contributed by atoms with Crippen molar-refractivity contribution in [2.24, 2.45) is 5.73 Å². The van der Waals surface area contributed by atoms with Gasteiger partial charge in [-0.1, -0.05) is 18.2 Å². The van der Waals surface area contributed by atoms with Gasteiger partial charge in [0, 0.05) is 5.69 Å². The molecule has 1 aromatic rings. The number of urea groups is 1. The lowest BCUT2D eigenvalue weighted by molar-refractivity contribution is -0.137. The average molecular weight is 266 g/mol. The molecule has 0 saturated carbocycles. The lowest BCUT2D eigenvalue weighted by Gasteiger charge is -2.07. The third-order valence-corrected chi connectivity index (χ3v) is 1.84. The summed E-state index contributed by atoms with van der Waals surface area (Å²) < 4.78 is 0. The SMILES string of the molecule is NC(=O)CONC(=O)CNC(=O)Nc1ccccc1. The maximum Gasteiger partial charge on any atom is 0.319 e. The van der Waals surface area contributed by atoms with Crippen LogP contribution >= 0.6 is 0 Å². The molecule has 0 unspecified atom stereocenters. The Kier molecular flexibility index (Phi) is 5.83. The summed E-state index contributed by atoms with van der Waals surface area (Å²) in [5.74, 6) is -1.32. The van der Waals surface area contributed by atoms with Crippen molar-refractivity contribution in [1.82, 2.24) is 10.8 Å². The van der Waals surface area contributed by atoms with Crippen molar-refractivity contribution < 1.29 is 19.2 Å². The fourth-order valence-electron chi connectivity index (χ4n) is 1.08. The summed E-state index contributed by atoms with van der Waals surface area (Å²) in [7, 11) is 0. The molecule has 0 saturated heterocycles. The van der Waals surface area contributed by atoms with Crippen LogP contribution in [0.3, 0.4) is 0 Å². The Morgan fingerprint density at radius 2 is 1.84 bits per heavy atom. The van der Waals surface area contributed by atoms with Crippen molar-refractivity contribution in [2.45, 2.75) is 0 Å². The predicted octanol–water partition coefficient (Wildman–Crippen LogP) is -0.659. The zero-order valence-corrected chi connectivity index (χ0v) is 10.0. The van der Waals surface area contributed by atoms with Crippen LogP contribution in [0.15, 0.2) is 30.3 Å². The van der Waals surface area contributed by atoms with Crippen molar-refractivity contribution in [2.75, 3.05) is 18.5 Å². The normalized spacial score (nSPS) is 9.47. The van der Waals surface area contributed by atoms with E-state index in [1.165, 1.54) is 0 Å². The van der Waals surface area contributed by atoms with E-state index in [0.717, 1.165) is 0 Å². The highest BCUT2D eigenvalue weighted by atomic mass is 16.7. The number of nitrogens with two attached hydrogens (primary N) is 1. The molecule has 0 heterocycles. The van der Waals surface area contributed by atoms with Gasteiger partial charge in [0.2, 0.25) is 5.91 Å². The number of amides is 4. The van der Waals surface area contributed by atoms with E-state index in [4.69, 9.17) is 5.73 Å². The van der Waals surface area contributed by atoms with E-state index in [2.05, 4.69) is 15.5 Å². The van der Waals surface area contributed by atoms with E-state index in [1.54, 1.807) is 24.3 Å². The summed E-state index contributed by atoms with van der Waals surface area (Å²) in [5, 5.41) is 4.84. The molecule has 0 radical (unpaired) electrons. The lowest BCUT2D eigenvalue weighted by atomic mass is 10.3. The Bertz CT molecular complexity index is 449. The Balaban J connectivity index is 2.19. The highest BCUT2D eigenvalue weighted by molar-refractivity contribution is 5.92.